The van der Waals surface area contributed by atoms with Gasteiger partial charge in [-0.3, -0.25) is 14.6 Å². The van der Waals surface area contributed by atoms with Gasteiger partial charge < -0.3 is 16.0 Å². The van der Waals surface area contributed by atoms with Crippen molar-refractivity contribution in [2.75, 3.05) is 16.0 Å². The van der Waals surface area contributed by atoms with Gasteiger partial charge in [0.1, 0.15) is 5.82 Å². The standard InChI is InChI=1S/C20H19N5O2/c1-14(26)24-16-5-7-17(8-6-16)25-20(27)15-9-11-22-19(12-15)23-13-18-4-2-3-10-21-18/h2-12H,13H2,1H3,(H,22,23)(H,24,26)(H,25,27). The van der Waals surface area contributed by atoms with Crippen LogP contribution in [0.4, 0.5) is 17.2 Å². The molecule has 1 aromatic carbocycles. The Morgan fingerprint density at radius 3 is 2.30 bits per heavy atom. The molecule has 0 bridgehead atoms. The largest absolute Gasteiger partial charge is 0.364 e. The third-order valence-electron chi connectivity index (χ3n) is 3.66. The van der Waals surface area contributed by atoms with Crippen molar-refractivity contribution in [3.63, 3.8) is 0 Å². The van der Waals surface area contributed by atoms with E-state index < -0.39 is 0 Å². The molecule has 2 heterocycles. The van der Waals surface area contributed by atoms with E-state index in [-0.39, 0.29) is 11.8 Å². The van der Waals surface area contributed by atoms with Gasteiger partial charge in [0.2, 0.25) is 5.91 Å². The number of amides is 2. The number of rotatable bonds is 6. The Hall–Kier alpha value is -3.74. The van der Waals surface area contributed by atoms with Crippen LogP contribution in [0.2, 0.25) is 0 Å². The molecular weight excluding hydrogens is 342 g/mol. The van der Waals surface area contributed by atoms with Gasteiger partial charge in [-0.15, -0.1) is 0 Å². The normalized spacial score (nSPS) is 10.1. The van der Waals surface area contributed by atoms with Gasteiger partial charge in [-0.1, -0.05) is 6.07 Å². The maximum Gasteiger partial charge on any atom is 0.255 e. The number of anilines is 3. The van der Waals surface area contributed by atoms with Crippen LogP contribution in [0, 0.1) is 0 Å². The molecule has 27 heavy (non-hydrogen) atoms. The summed E-state index contributed by atoms with van der Waals surface area (Å²) >= 11 is 0. The lowest BCUT2D eigenvalue weighted by Crippen LogP contribution is -2.13. The summed E-state index contributed by atoms with van der Waals surface area (Å²) in [7, 11) is 0. The maximum absolute atomic E-state index is 12.5. The lowest BCUT2D eigenvalue weighted by atomic mass is 10.2. The third-order valence-corrected chi connectivity index (χ3v) is 3.66. The first-order chi connectivity index (χ1) is 13.1. The first kappa shape index (κ1) is 18.1. The number of nitrogens with zero attached hydrogens (tertiary/aromatic N) is 2. The molecule has 0 saturated heterocycles. The second kappa shape index (κ2) is 8.57. The van der Waals surface area contributed by atoms with Crippen LogP contribution in [0.25, 0.3) is 0 Å². The highest BCUT2D eigenvalue weighted by Gasteiger charge is 2.08. The first-order valence-corrected chi connectivity index (χ1v) is 8.39. The number of hydrogen-bond donors (Lipinski definition) is 3. The maximum atomic E-state index is 12.5. The summed E-state index contributed by atoms with van der Waals surface area (Å²) in [6.07, 6.45) is 3.31. The minimum absolute atomic E-state index is 0.144. The molecule has 2 aromatic heterocycles. The molecule has 3 aromatic rings. The predicted molar refractivity (Wildman–Crippen MR) is 104 cm³/mol. The second-order valence-electron chi connectivity index (χ2n) is 5.82. The molecule has 0 saturated carbocycles. The number of aromatic nitrogens is 2. The zero-order chi connectivity index (χ0) is 19.1. The van der Waals surface area contributed by atoms with Crippen LogP contribution in [0.5, 0.6) is 0 Å². The molecule has 0 aliphatic rings. The van der Waals surface area contributed by atoms with Crippen molar-refractivity contribution in [2.45, 2.75) is 13.5 Å². The Labute approximate surface area is 156 Å². The fourth-order valence-electron chi connectivity index (χ4n) is 2.40. The summed E-state index contributed by atoms with van der Waals surface area (Å²) in [6, 6.07) is 15.9. The second-order valence-corrected chi connectivity index (χ2v) is 5.82. The Balaban J connectivity index is 1.62. The quantitative estimate of drug-likeness (QED) is 0.626. The minimum atomic E-state index is -0.245. The van der Waals surface area contributed by atoms with Crippen molar-refractivity contribution in [2.24, 2.45) is 0 Å². The Kier molecular flexibility index (Phi) is 5.73. The number of benzene rings is 1. The molecule has 0 radical (unpaired) electrons. The molecule has 3 N–H and O–H groups in total. The zero-order valence-electron chi connectivity index (χ0n) is 14.8. The molecule has 0 aliphatic heterocycles. The molecule has 136 valence electrons. The molecule has 0 spiro atoms. The monoisotopic (exact) mass is 361 g/mol. The molecule has 3 rings (SSSR count). The average Bonchev–Trinajstić information content (AvgIpc) is 2.68. The molecule has 7 nitrogen and oxygen atoms in total. The van der Waals surface area contributed by atoms with Crippen LogP contribution < -0.4 is 16.0 Å². The van der Waals surface area contributed by atoms with E-state index in [4.69, 9.17) is 0 Å². The molecule has 0 fully saturated rings. The van der Waals surface area contributed by atoms with Gasteiger partial charge in [0.05, 0.1) is 12.2 Å². The molecule has 0 atom stereocenters. The zero-order valence-corrected chi connectivity index (χ0v) is 14.8. The van der Waals surface area contributed by atoms with Gasteiger partial charge in [0.25, 0.3) is 5.91 Å². The predicted octanol–water partition coefficient (Wildman–Crippen LogP) is 3.30. The molecule has 2 amide bonds. The van der Waals surface area contributed by atoms with E-state index in [1.807, 2.05) is 18.2 Å². The highest BCUT2D eigenvalue weighted by atomic mass is 16.2. The summed E-state index contributed by atoms with van der Waals surface area (Å²) < 4.78 is 0. The van der Waals surface area contributed by atoms with Gasteiger partial charge in [-0.25, -0.2) is 4.98 Å². The van der Waals surface area contributed by atoms with E-state index in [0.29, 0.717) is 29.3 Å². The molecule has 7 heteroatoms. The summed E-state index contributed by atoms with van der Waals surface area (Å²) in [5, 5.41) is 8.65. The van der Waals surface area contributed by atoms with Crippen molar-refractivity contribution in [1.29, 1.82) is 0 Å². The van der Waals surface area contributed by atoms with Gasteiger partial charge >= 0.3 is 0 Å². The van der Waals surface area contributed by atoms with Gasteiger partial charge in [-0.2, -0.15) is 0 Å². The van der Waals surface area contributed by atoms with Crippen LogP contribution in [-0.4, -0.2) is 21.8 Å². The van der Waals surface area contributed by atoms with E-state index in [1.54, 1.807) is 48.8 Å². The molecular formula is C20H19N5O2. The van der Waals surface area contributed by atoms with Crippen LogP contribution in [-0.2, 0) is 11.3 Å². The summed E-state index contributed by atoms with van der Waals surface area (Å²) in [6.45, 7) is 1.96. The Morgan fingerprint density at radius 2 is 1.63 bits per heavy atom. The molecule has 0 aliphatic carbocycles. The fourth-order valence-corrected chi connectivity index (χ4v) is 2.40. The van der Waals surface area contributed by atoms with Crippen molar-refractivity contribution in [3.8, 4) is 0 Å². The van der Waals surface area contributed by atoms with Crippen LogP contribution in [0.15, 0.2) is 67.0 Å². The van der Waals surface area contributed by atoms with Crippen molar-refractivity contribution < 1.29 is 9.59 Å². The van der Waals surface area contributed by atoms with Crippen molar-refractivity contribution in [3.05, 3.63) is 78.2 Å². The third kappa shape index (κ3) is 5.37. The van der Waals surface area contributed by atoms with Gasteiger partial charge in [0.15, 0.2) is 0 Å². The van der Waals surface area contributed by atoms with Gasteiger partial charge in [-0.05, 0) is 48.5 Å². The topological polar surface area (TPSA) is 96.0 Å². The summed E-state index contributed by atoms with van der Waals surface area (Å²) in [5.41, 5.74) is 2.67. The summed E-state index contributed by atoms with van der Waals surface area (Å²) in [4.78, 5) is 32.0. The minimum Gasteiger partial charge on any atom is -0.364 e. The van der Waals surface area contributed by atoms with Gasteiger partial charge in [0, 0.05) is 36.3 Å². The first-order valence-electron chi connectivity index (χ1n) is 8.39. The lowest BCUT2D eigenvalue weighted by Gasteiger charge is -2.09. The van der Waals surface area contributed by atoms with E-state index >= 15 is 0 Å². The van der Waals surface area contributed by atoms with Crippen molar-refractivity contribution in [1.82, 2.24) is 9.97 Å². The smallest absolute Gasteiger partial charge is 0.255 e. The highest BCUT2D eigenvalue weighted by Crippen LogP contribution is 2.15. The number of carbonyl (C=O) groups is 2. The van der Waals surface area contributed by atoms with Crippen LogP contribution in [0.3, 0.4) is 0 Å². The average molecular weight is 361 g/mol. The Bertz CT molecular complexity index is 927. The van der Waals surface area contributed by atoms with Crippen molar-refractivity contribution >= 4 is 29.0 Å². The number of carbonyl (C=O) groups excluding carboxylic acids is 2. The fraction of sp³-hybridized carbons (Fsp3) is 0.100. The Morgan fingerprint density at radius 1 is 0.889 bits per heavy atom. The highest BCUT2D eigenvalue weighted by molar-refractivity contribution is 6.04. The van der Waals surface area contributed by atoms with E-state index in [0.717, 1.165) is 5.69 Å². The number of hydrogen-bond acceptors (Lipinski definition) is 5. The van der Waals surface area contributed by atoms with Crippen LogP contribution in [0.1, 0.15) is 23.0 Å². The lowest BCUT2D eigenvalue weighted by molar-refractivity contribution is -0.114. The van der Waals surface area contributed by atoms with E-state index in [2.05, 4.69) is 25.9 Å². The molecule has 0 unspecified atom stereocenters. The number of pyridine rings is 2. The van der Waals surface area contributed by atoms with Crippen LogP contribution >= 0.6 is 0 Å². The van der Waals surface area contributed by atoms with E-state index in [9.17, 15) is 9.59 Å². The summed E-state index contributed by atoms with van der Waals surface area (Å²) in [5.74, 6) is 0.203. The SMILES string of the molecule is CC(=O)Nc1ccc(NC(=O)c2ccnc(NCc3ccccn3)c2)cc1. The van der Waals surface area contributed by atoms with E-state index in [1.165, 1.54) is 6.92 Å². The number of nitrogens with one attached hydrogen (secondary N) is 3.